The van der Waals surface area contributed by atoms with Gasteiger partial charge in [0.05, 0.1) is 12.1 Å². The second kappa shape index (κ2) is 6.18. The average Bonchev–Trinajstić information content (AvgIpc) is 2.27. The third kappa shape index (κ3) is 3.98. The summed E-state index contributed by atoms with van der Waals surface area (Å²) in [6, 6.07) is 0.0857. The fourth-order valence-electron chi connectivity index (χ4n) is 2.43. The summed E-state index contributed by atoms with van der Waals surface area (Å²) in [5.74, 6) is -0.249. The summed E-state index contributed by atoms with van der Waals surface area (Å²) >= 11 is 0. The molecule has 0 atom stereocenters. The van der Waals surface area contributed by atoms with Crippen molar-refractivity contribution in [1.29, 1.82) is 0 Å². The Morgan fingerprint density at radius 3 is 2.33 bits per heavy atom. The van der Waals surface area contributed by atoms with Gasteiger partial charge in [0, 0.05) is 13.1 Å². The number of carbonyl (C=O) groups is 2. The van der Waals surface area contributed by atoms with Crippen molar-refractivity contribution in [1.82, 2.24) is 10.2 Å². The number of carbonyl (C=O) groups excluding carboxylic acids is 2. The SMILES string of the molecule is CC(C)NC(=O)CN(C)C(=O)C1(N)CCCCC1. The highest BCUT2D eigenvalue weighted by Crippen LogP contribution is 2.27. The Kier molecular flexibility index (Phi) is 5.14. The van der Waals surface area contributed by atoms with Gasteiger partial charge in [0.25, 0.3) is 0 Å². The molecule has 0 aliphatic heterocycles. The second-order valence-corrected chi connectivity index (χ2v) is 5.60. The van der Waals surface area contributed by atoms with Crippen LogP contribution in [-0.4, -0.2) is 41.9 Å². The molecule has 1 rings (SSSR count). The van der Waals surface area contributed by atoms with Crippen molar-refractivity contribution in [2.75, 3.05) is 13.6 Å². The molecule has 5 nitrogen and oxygen atoms in total. The zero-order valence-electron chi connectivity index (χ0n) is 11.7. The number of hydrogen-bond donors (Lipinski definition) is 2. The first-order valence-corrected chi connectivity index (χ1v) is 6.69. The van der Waals surface area contributed by atoms with Gasteiger partial charge in [-0.2, -0.15) is 0 Å². The number of rotatable bonds is 4. The van der Waals surface area contributed by atoms with Gasteiger partial charge >= 0.3 is 0 Å². The molecule has 1 saturated carbocycles. The number of nitrogens with two attached hydrogens (primary N) is 1. The second-order valence-electron chi connectivity index (χ2n) is 5.60. The zero-order chi connectivity index (χ0) is 13.8. The van der Waals surface area contributed by atoms with Crippen LogP contribution in [0, 0.1) is 0 Å². The van der Waals surface area contributed by atoms with E-state index in [1.165, 1.54) is 4.90 Å². The van der Waals surface area contributed by atoms with Crippen LogP contribution in [0.25, 0.3) is 0 Å². The molecule has 0 aromatic heterocycles. The normalized spacial score (nSPS) is 18.5. The molecule has 104 valence electrons. The topological polar surface area (TPSA) is 75.4 Å². The van der Waals surface area contributed by atoms with E-state index in [0.717, 1.165) is 32.1 Å². The molecule has 0 aromatic carbocycles. The van der Waals surface area contributed by atoms with Crippen LogP contribution in [0.1, 0.15) is 46.0 Å². The molecule has 0 radical (unpaired) electrons. The Labute approximate surface area is 109 Å². The van der Waals surface area contributed by atoms with Crippen molar-refractivity contribution in [2.24, 2.45) is 5.73 Å². The lowest BCUT2D eigenvalue weighted by atomic mass is 9.81. The van der Waals surface area contributed by atoms with Gasteiger partial charge in [-0.15, -0.1) is 0 Å². The molecule has 1 fully saturated rings. The Hall–Kier alpha value is -1.10. The maximum Gasteiger partial charge on any atom is 0.242 e. The maximum atomic E-state index is 12.3. The first-order valence-electron chi connectivity index (χ1n) is 6.69. The minimum atomic E-state index is -0.759. The Morgan fingerprint density at radius 2 is 1.83 bits per heavy atom. The van der Waals surface area contributed by atoms with Crippen LogP contribution in [0.5, 0.6) is 0 Å². The van der Waals surface area contributed by atoms with Crippen molar-refractivity contribution in [3.05, 3.63) is 0 Å². The van der Waals surface area contributed by atoms with Gasteiger partial charge in [-0.05, 0) is 26.7 Å². The Morgan fingerprint density at radius 1 is 1.28 bits per heavy atom. The molecular formula is C13H25N3O2. The lowest BCUT2D eigenvalue weighted by Gasteiger charge is -2.35. The van der Waals surface area contributed by atoms with Crippen molar-refractivity contribution in [3.8, 4) is 0 Å². The van der Waals surface area contributed by atoms with Crippen LogP contribution in [0.2, 0.25) is 0 Å². The third-order valence-electron chi connectivity index (χ3n) is 3.35. The molecule has 0 heterocycles. The fourth-order valence-corrected chi connectivity index (χ4v) is 2.43. The van der Waals surface area contributed by atoms with Gasteiger partial charge in [0.2, 0.25) is 11.8 Å². The predicted octanol–water partition coefficient (Wildman–Crippen LogP) is 0.631. The molecule has 0 bridgehead atoms. The monoisotopic (exact) mass is 255 g/mol. The Balaban J connectivity index is 2.52. The first kappa shape index (κ1) is 15.0. The van der Waals surface area contributed by atoms with Gasteiger partial charge in [0.1, 0.15) is 0 Å². The molecule has 18 heavy (non-hydrogen) atoms. The third-order valence-corrected chi connectivity index (χ3v) is 3.35. The summed E-state index contributed by atoms with van der Waals surface area (Å²) in [6.45, 7) is 3.87. The summed E-state index contributed by atoms with van der Waals surface area (Å²) in [7, 11) is 1.64. The molecule has 1 aliphatic rings. The molecule has 0 aromatic rings. The van der Waals surface area contributed by atoms with Crippen molar-refractivity contribution >= 4 is 11.8 Å². The summed E-state index contributed by atoms with van der Waals surface area (Å²) in [6.07, 6.45) is 4.58. The lowest BCUT2D eigenvalue weighted by Crippen LogP contribution is -2.56. The molecule has 3 N–H and O–H groups in total. The highest BCUT2D eigenvalue weighted by molar-refractivity contribution is 5.90. The maximum absolute atomic E-state index is 12.3. The fraction of sp³-hybridized carbons (Fsp3) is 0.846. The van der Waals surface area contributed by atoms with E-state index in [9.17, 15) is 9.59 Å². The summed E-state index contributed by atoms with van der Waals surface area (Å²) in [5, 5.41) is 2.77. The van der Waals surface area contributed by atoms with Crippen molar-refractivity contribution < 1.29 is 9.59 Å². The van der Waals surface area contributed by atoms with E-state index >= 15 is 0 Å². The van der Waals surface area contributed by atoms with Crippen LogP contribution in [-0.2, 0) is 9.59 Å². The van der Waals surface area contributed by atoms with Gasteiger partial charge in [0.15, 0.2) is 0 Å². The van der Waals surface area contributed by atoms with Crippen LogP contribution in [0.4, 0.5) is 0 Å². The molecule has 0 saturated heterocycles. The van der Waals surface area contributed by atoms with E-state index in [1.54, 1.807) is 7.05 Å². The van der Waals surface area contributed by atoms with E-state index < -0.39 is 5.54 Å². The van der Waals surface area contributed by atoms with E-state index in [1.807, 2.05) is 13.8 Å². The molecule has 5 heteroatoms. The molecule has 2 amide bonds. The standard InChI is InChI=1S/C13H25N3O2/c1-10(2)15-11(17)9-16(3)12(18)13(14)7-5-4-6-8-13/h10H,4-9,14H2,1-3H3,(H,15,17). The van der Waals surface area contributed by atoms with E-state index in [0.29, 0.717) is 0 Å². The van der Waals surface area contributed by atoms with Gasteiger partial charge in [-0.1, -0.05) is 19.3 Å². The number of likely N-dealkylation sites (N-methyl/N-ethyl adjacent to an activating group) is 1. The van der Waals surface area contributed by atoms with E-state index in [2.05, 4.69) is 5.32 Å². The zero-order valence-corrected chi connectivity index (χ0v) is 11.7. The molecule has 1 aliphatic carbocycles. The van der Waals surface area contributed by atoms with Gasteiger partial charge in [-0.25, -0.2) is 0 Å². The first-order chi connectivity index (χ1) is 8.35. The largest absolute Gasteiger partial charge is 0.352 e. The number of hydrogen-bond acceptors (Lipinski definition) is 3. The quantitative estimate of drug-likeness (QED) is 0.773. The average molecular weight is 255 g/mol. The summed E-state index contributed by atoms with van der Waals surface area (Å²) < 4.78 is 0. The van der Waals surface area contributed by atoms with Crippen LogP contribution < -0.4 is 11.1 Å². The van der Waals surface area contributed by atoms with Crippen LogP contribution in [0.3, 0.4) is 0 Å². The molecular weight excluding hydrogens is 230 g/mol. The predicted molar refractivity (Wildman–Crippen MR) is 70.9 cm³/mol. The van der Waals surface area contributed by atoms with Crippen LogP contribution >= 0.6 is 0 Å². The molecule has 0 spiro atoms. The van der Waals surface area contributed by atoms with Gasteiger partial charge < -0.3 is 16.0 Å². The minimum Gasteiger partial charge on any atom is -0.352 e. The van der Waals surface area contributed by atoms with Crippen LogP contribution in [0.15, 0.2) is 0 Å². The minimum absolute atomic E-state index is 0.0793. The van der Waals surface area contributed by atoms with E-state index in [4.69, 9.17) is 5.73 Å². The van der Waals surface area contributed by atoms with Crippen molar-refractivity contribution in [3.63, 3.8) is 0 Å². The highest BCUT2D eigenvalue weighted by Gasteiger charge is 2.37. The smallest absolute Gasteiger partial charge is 0.242 e. The number of nitrogens with zero attached hydrogens (tertiary/aromatic N) is 1. The highest BCUT2D eigenvalue weighted by atomic mass is 16.2. The summed E-state index contributed by atoms with van der Waals surface area (Å²) in [4.78, 5) is 25.3. The Bertz CT molecular complexity index is 309. The summed E-state index contributed by atoms with van der Waals surface area (Å²) in [5.41, 5.74) is 5.40. The number of amides is 2. The van der Waals surface area contributed by atoms with Gasteiger partial charge in [-0.3, -0.25) is 9.59 Å². The number of nitrogens with one attached hydrogen (secondary N) is 1. The molecule has 0 unspecified atom stereocenters. The van der Waals surface area contributed by atoms with Crippen molar-refractivity contribution in [2.45, 2.75) is 57.5 Å². The lowest BCUT2D eigenvalue weighted by molar-refractivity contribution is -0.140. The van der Waals surface area contributed by atoms with E-state index in [-0.39, 0.29) is 24.4 Å².